The van der Waals surface area contributed by atoms with Crippen LogP contribution in [0.25, 0.3) is 11.3 Å². The second-order valence-electron chi connectivity index (χ2n) is 6.42. The van der Waals surface area contributed by atoms with Crippen LogP contribution in [0.2, 0.25) is 15.1 Å². The third-order valence-corrected chi connectivity index (χ3v) is 5.41. The van der Waals surface area contributed by atoms with Gasteiger partial charge in [0.15, 0.2) is 5.76 Å². The fraction of sp³-hybridized carbons (Fsp3) is 0.200. The lowest BCUT2D eigenvalue weighted by molar-refractivity contribution is 0.102. The molecule has 1 aliphatic carbocycles. The molecule has 0 unspecified atom stereocenters. The highest BCUT2D eigenvalue weighted by Crippen LogP contribution is 2.33. The average molecular weight is 422 g/mol. The normalized spacial score (nSPS) is 13.3. The zero-order chi connectivity index (χ0) is 19.0. The summed E-state index contributed by atoms with van der Waals surface area (Å²) in [6.45, 7) is 0. The number of anilines is 1. The van der Waals surface area contributed by atoms with E-state index in [2.05, 4.69) is 10.5 Å². The first kappa shape index (κ1) is 18.4. The summed E-state index contributed by atoms with van der Waals surface area (Å²) in [6.07, 6.45) is 4.26. The Labute approximate surface area is 171 Å². The quantitative estimate of drug-likeness (QED) is 0.530. The van der Waals surface area contributed by atoms with Crippen LogP contribution < -0.4 is 5.32 Å². The van der Waals surface area contributed by atoms with E-state index >= 15 is 0 Å². The van der Waals surface area contributed by atoms with E-state index in [1.807, 2.05) is 24.3 Å². The molecule has 0 spiro atoms. The molecule has 1 aromatic heterocycles. The van der Waals surface area contributed by atoms with Crippen molar-refractivity contribution >= 4 is 46.4 Å². The van der Waals surface area contributed by atoms with Crippen molar-refractivity contribution in [3.05, 3.63) is 68.3 Å². The molecule has 4 rings (SSSR count). The van der Waals surface area contributed by atoms with Crippen LogP contribution >= 0.6 is 34.8 Å². The summed E-state index contributed by atoms with van der Waals surface area (Å²) in [7, 11) is 0. The van der Waals surface area contributed by atoms with Gasteiger partial charge in [-0.3, -0.25) is 4.79 Å². The molecule has 2 aromatic carbocycles. The van der Waals surface area contributed by atoms with Crippen LogP contribution in [0.1, 0.15) is 34.5 Å². The lowest BCUT2D eigenvalue weighted by Crippen LogP contribution is -2.13. The Kier molecular flexibility index (Phi) is 5.13. The summed E-state index contributed by atoms with van der Waals surface area (Å²) in [6, 6.07) is 10.4. The molecule has 1 aliphatic rings. The lowest BCUT2D eigenvalue weighted by Gasteiger charge is -2.11. The topological polar surface area (TPSA) is 55.1 Å². The Hall–Kier alpha value is -2.01. The minimum Gasteiger partial charge on any atom is -0.356 e. The van der Waals surface area contributed by atoms with Crippen molar-refractivity contribution in [1.82, 2.24) is 5.16 Å². The lowest BCUT2D eigenvalue weighted by atomic mass is 9.94. The maximum atomic E-state index is 12.5. The number of hydrogen-bond acceptors (Lipinski definition) is 3. The summed E-state index contributed by atoms with van der Waals surface area (Å²) in [5.41, 5.74) is 4.00. The number of amides is 1. The van der Waals surface area contributed by atoms with Gasteiger partial charge in [-0.1, -0.05) is 40.0 Å². The van der Waals surface area contributed by atoms with E-state index in [0.29, 0.717) is 10.7 Å². The highest BCUT2D eigenvalue weighted by atomic mass is 35.5. The standard InChI is InChI=1S/C20H15Cl3N2O2/c21-12-9-15(22)18(16(23)10-12)20(26)24-13-7-5-11(6-8-13)19-14-3-1-2-4-17(14)25-27-19/h5-10H,1-4H2,(H,24,26). The smallest absolute Gasteiger partial charge is 0.258 e. The molecule has 0 aliphatic heterocycles. The van der Waals surface area contributed by atoms with Crippen LogP contribution in [-0.4, -0.2) is 11.1 Å². The van der Waals surface area contributed by atoms with Gasteiger partial charge in [0, 0.05) is 21.8 Å². The Morgan fingerprint density at radius 1 is 1.00 bits per heavy atom. The zero-order valence-electron chi connectivity index (χ0n) is 14.2. The number of carbonyl (C=O) groups is 1. The monoisotopic (exact) mass is 420 g/mol. The van der Waals surface area contributed by atoms with E-state index in [4.69, 9.17) is 39.3 Å². The van der Waals surface area contributed by atoms with Gasteiger partial charge in [0.25, 0.3) is 5.91 Å². The third-order valence-electron chi connectivity index (χ3n) is 4.60. The van der Waals surface area contributed by atoms with Gasteiger partial charge in [-0.15, -0.1) is 0 Å². The second-order valence-corrected chi connectivity index (χ2v) is 7.67. The van der Waals surface area contributed by atoms with Crippen LogP contribution in [0.4, 0.5) is 5.69 Å². The Morgan fingerprint density at radius 3 is 2.37 bits per heavy atom. The van der Waals surface area contributed by atoms with Gasteiger partial charge in [0.2, 0.25) is 0 Å². The summed E-state index contributed by atoms with van der Waals surface area (Å²) in [5, 5.41) is 7.77. The molecule has 0 saturated heterocycles. The van der Waals surface area contributed by atoms with Gasteiger partial charge in [-0.25, -0.2) is 0 Å². The number of aromatic nitrogens is 1. The molecule has 1 heterocycles. The minimum atomic E-state index is -0.397. The number of fused-ring (bicyclic) bond motifs is 1. The van der Waals surface area contributed by atoms with Gasteiger partial charge in [-0.05, 0) is 62.1 Å². The van der Waals surface area contributed by atoms with E-state index in [0.717, 1.165) is 42.7 Å². The molecule has 1 N–H and O–H groups in total. The molecule has 0 radical (unpaired) electrons. The minimum absolute atomic E-state index is 0.191. The van der Waals surface area contributed by atoms with Crippen LogP contribution in [0.15, 0.2) is 40.9 Å². The van der Waals surface area contributed by atoms with E-state index < -0.39 is 5.91 Å². The maximum Gasteiger partial charge on any atom is 0.258 e. The van der Waals surface area contributed by atoms with E-state index in [1.165, 1.54) is 17.7 Å². The predicted octanol–water partition coefficient (Wildman–Crippen LogP) is 6.43. The largest absolute Gasteiger partial charge is 0.356 e. The van der Waals surface area contributed by atoms with Crippen molar-refractivity contribution in [2.75, 3.05) is 5.32 Å². The first-order valence-electron chi connectivity index (χ1n) is 8.56. The summed E-state index contributed by atoms with van der Waals surface area (Å²) >= 11 is 18.1. The molecule has 1 amide bonds. The molecule has 0 bridgehead atoms. The van der Waals surface area contributed by atoms with Crippen molar-refractivity contribution < 1.29 is 9.32 Å². The Morgan fingerprint density at radius 2 is 1.67 bits per heavy atom. The summed E-state index contributed by atoms with van der Waals surface area (Å²) in [4.78, 5) is 12.5. The van der Waals surface area contributed by atoms with Crippen LogP contribution in [0, 0.1) is 0 Å². The van der Waals surface area contributed by atoms with Crippen LogP contribution in [0.5, 0.6) is 0 Å². The molecule has 0 atom stereocenters. The van der Waals surface area contributed by atoms with Gasteiger partial charge < -0.3 is 9.84 Å². The Balaban J connectivity index is 1.55. The number of rotatable bonds is 3. The van der Waals surface area contributed by atoms with Crippen LogP contribution in [0.3, 0.4) is 0 Å². The second kappa shape index (κ2) is 7.55. The highest BCUT2D eigenvalue weighted by molar-refractivity contribution is 6.42. The Bertz CT molecular complexity index is 990. The maximum absolute atomic E-state index is 12.5. The molecule has 7 heteroatoms. The summed E-state index contributed by atoms with van der Waals surface area (Å²) in [5.74, 6) is 0.415. The fourth-order valence-electron chi connectivity index (χ4n) is 3.28. The molecule has 4 nitrogen and oxygen atoms in total. The number of nitrogens with zero attached hydrogens (tertiary/aromatic N) is 1. The third kappa shape index (κ3) is 3.70. The van der Waals surface area contributed by atoms with Crippen molar-refractivity contribution in [1.29, 1.82) is 0 Å². The molecule has 27 heavy (non-hydrogen) atoms. The molecule has 138 valence electrons. The highest BCUT2D eigenvalue weighted by Gasteiger charge is 2.21. The zero-order valence-corrected chi connectivity index (χ0v) is 16.5. The number of halogens is 3. The molecule has 0 saturated carbocycles. The van der Waals surface area contributed by atoms with Crippen molar-refractivity contribution in [3.63, 3.8) is 0 Å². The van der Waals surface area contributed by atoms with Crippen molar-refractivity contribution in [2.45, 2.75) is 25.7 Å². The summed E-state index contributed by atoms with van der Waals surface area (Å²) < 4.78 is 5.55. The van der Waals surface area contributed by atoms with Crippen molar-refractivity contribution in [2.24, 2.45) is 0 Å². The fourth-order valence-corrected chi connectivity index (χ4v) is 4.26. The van der Waals surface area contributed by atoms with Gasteiger partial charge in [0.1, 0.15) is 0 Å². The molecular weight excluding hydrogens is 407 g/mol. The van der Waals surface area contributed by atoms with E-state index in [9.17, 15) is 4.79 Å². The molecular formula is C20H15Cl3N2O2. The SMILES string of the molecule is O=C(Nc1ccc(-c2onc3c2CCCC3)cc1)c1c(Cl)cc(Cl)cc1Cl. The number of nitrogens with one attached hydrogen (secondary N) is 1. The first-order chi connectivity index (χ1) is 13.0. The first-order valence-corrected chi connectivity index (χ1v) is 9.70. The van der Waals surface area contributed by atoms with Gasteiger partial charge in [-0.2, -0.15) is 0 Å². The molecule has 3 aromatic rings. The van der Waals surface area contributed by atoms with E-state index in [-0.39, 0.29) is 15.6 Å². The number of aryl methyl sites for hydroxylation is 1. The number of carbonyl (C=O) groups excluding carboxylic acids is 1. The van der Waals surface area contributed by atoms with Crippen molar-refractivity contribution in [3.8, 4) is 11.3 Å². The molecule has 0 fully saturated rings. The van der Waals surface area contributed by atoms with Gasteiger partial charge >= 0.3 is 0 Å². The van der Waals surface area contributed by atoms with E-state index in [1.54, 1.807) is 0 Å². The average Bonchev–Trinajstić information content (AvgIpc) is 3.05. The number of benzene rings is 2. The van der Waals surface area contributed by atoms with Gasteiger partial charge in [0.05, 0.1) is 21.3 Å². The van der Waals surface area contributed by atoms with Crippen LogP contribution in [-0.2, 0) is 12.8 Å². The number of hydrogen-bond donors (Lipinski definition) is 1. The predicted molar refractivity (Wildman–Crippen MR) is 108 cm³/mol.